The van der Waals surface area contributed by atoms with Crippen LogP contribution in [-0.4, -0.2) is 79.7 Å². The lowest BCUT2D eigenvalue weighted by molar-refractivity contribution is -0.150. The summed E-state index contributed by atoms with van der Waals surface area (Å²) in [6.45, 7) is 0.961. The molecule has 0 bridgehead atoms. The first kappa shape index (κ1) is 21.5. The number of nitrogens with one attached hydrogen (secondary N) is 1. The van der Waals surface area contributed by atoms with E-state index in [4.69, 9.17) is 10.5 Å². The van der Waals surface area contributed by atoms with Crippen LogP contribution in [0.3, 0.4) is 0 Å². The van der Waals surface area contributed by atoms with Crippen LogP contribution in [0.2, 0.25) is 0 Å². The van der Waals surface area contributed by atoms with E-state index in [1.807, 2.05) is 0 Å². The minimum atomic E-state index is -1.33. The average molecular weight is 456 g/mol. The Balaban J connectivity index is 1.77. The van der Waals surface area contributed by atoms with E-state index in [0.717, 1.165) is 16.4 Å². The number of carbonyl (C=O) groups excluding carboxylic acids is 3. The summed E-state index contributed by atoms with van der Waals surface area (Å²) in [5.74, 6) is -3.16. The number of β-lactam (4-membered cyclic amide) rings is 1. The summed E-state index contributed by atoms with van der Waals surface area (Å²) in [6, 6.07) is -0.995. The van der Waals surface area contributed by atoms with Crippen molar-refractivity contribution in [3.8, 4) is 0 Å². The molecule has 13 nitrogen and oxygen atoms in total. The quantitative estimate of drug-likeness (QED) is 0.193. The third-order valence-electron chi connectivity index (χ3n) is 4.04. The minimum Gasteiger partial charge on any atom is -0.477 e. The molecule has 0 aliphatic carbocycles. The Hall–Kier alpha value is -3.20. The van der Waals surface area contributed by atoms with E-state index in [1.54, 1.807) is 0 Å². The monoisotopic (exact) mass is 456 g/mol. The second kappa shape index (κ2) is 8.66. The van der Waals surface area contributed by atoms with Gasteiger partial charge in [-0.2, -0.15) is 9.36 Å². The summed E-state index contributed by atoms with van der Waals surface area (Å²) in [7, 11) is 1.23. The van der Waals surface area contributed by atoms with E-state index in [1.165, 1.54) is 25.8 Å². The number of amides is 2. The lowest BCUT2D eigenvalue weighted by Crippen LogP contribution is -2.71. The lowest BCUT2D eigenvalue weighted by Gasteiger charge is -2.49. The molecule has 0 saturated carbocycles. The number of fused-ring (bicyclic) bond motifs is 1. The molecule has 160 valence electrons. The second-order valence-electron chi connectivity index (χ2n) is 5.98. The third-order valence-corrected chi connectivity index (χ3v) is 5.92. The molecule has 3 rings (SSSR count). The van der Waals surface area contributed by atoms with Crippen molar-refractivity contribution in [3.63, 3.8) is 0 Å². The van der Waals surface area contributed by atoms with Gasteiger partial charge in [0.05, 0.1) is 0 Å². The first-order valence-corrected chi connectivity index (χ1v) is 10.1. The van der Waals surface area contributed by atoms with Gasteiger partial charge in [0.25, 0.3) is 11.8 Å². The topological polar surface area (TPSA) is 186 Å². The predicted octanol–water partition coefficient (Wildman–Crippen LogP) is -1.23. The van der Waals surface area contributed by atoms with Gasteiger partial charge in [-0.05, 0) is 0 Å². The number of nitrogens with zero attached hydrogens (tertiary/aromatic N) is 4. The number of aromatic nitrogens is 2. The number of oxime groups is 1. The smallest absolute Gasteiger partial charge is 0.352 e. The number of thioether (sulfide) groups is 1. The maximum atomic E-state index is 12.6. The van der Waals surface area contributed by atoms with Gasteiger partial charge in [0.1, 0.15) is 30.8 Å². The van der Waals surface area contributed by atoms with Crippen molar-refractivity contribution in [1.29, 1.82) is 0 Å². The molecule has 30 heavy (non-hydrogen) atoms. The van der Waals surface area contributed by atoms with Gasteiger partial charge in [0, 0.05) is 29.8 Å². The van der Waals surface area contributed by atoms with Gasteiger partial charge in [-0.25, -0.2) is 4.79 Å². The first-order valence-electron chi connectivity index (χ1n) is 8.29. The fraction of sp³-hybridized carbons (Fsp3) is 0.400. The van der Waals surface area contributed by atoms with E-state index < -0.39 is 35.2 Å². The van der Waals surface area contributed by atoms with Crippen LogP contribution in [0.15, 0.2) is 16.4 Å². The highest BCUT2D eigenvalue weighted by Crippen LogP contribution is 2.40. The number of nitrogen functional groups attached to an aromatic ring is 1. The molecular formula is C15H16N6O7S2. The standard InChI is InChI=1S/C15H16N6O7S2/c1-5(22)28-3-6-4-29-13-8(12(24)21(13)9(6)14(25)26)17-11(23)7(19-27-2)10-18-15(16)30-20-10/h8,13H,3-4H2,1-2H3,(H,17,23)(H,25,26)(H2,16,18,20)/b19-7-/t8?,13-/m0/s1. The van der Waals surface area contributed by atoms with E-state index in [2.05, 4.69) is 24.7 Å². The summed E-state index contributed by atoms with van der Waals surface area (Å²) >= 11 is 2.09. The molecule has 0 aromatic carbocycles. The molecule has 15 heteroatoms. The number of ether oxygens (including phenoxy) is 1. The molecule has 1 aromatic rings. The number of carboxylic acid groups (broad SMARTS) is 1. The fourth-order valence-electron chi connectivity index (χ4n) is 2.80. The average Bonchev–Trinajstić information content (AvgIpc) is 3.13. The normalized spacial score (nSPS) is 20.9. The maximum Gasteiger partial charge on any atom is 0.352 e. The van der Waals surface area contributed by atoms with Crippen LogP contribution in [-0.2, 0) is 28.8 Å². The number of hydrogen-bond donors (Lipinski definition) is 3. The highest BCUT2D eigenvalue weighted by molar-refractivity contribution is 8.00. The maximum absolute atomic E-state index is 12.6. The van der Waals surface area contributed by atoms with Crippen molar-refractivity contribution in [3.05, 3.63) is 17.1 Å². The molecule has 2 atom stereocenters. The number of rotatable bonds is 7. The Kier molecular flexibility index (Phi) is 6.21. The van der Waals surface area contributed by atoms with Crippen molar-refractivity contribution < 1.29 is 33.9 Å². The zero-order valence-corrected chi connectivity index (χ0v) is 17.3. The number of hydrogen-bond acceptors (Lipinski definition) is 12. The summed E-state index contributed by atoms with van der Waals surface area (Å²) in [4.78, 5) is 57.6. The Morgan fingerprint density at radius 2 is 2.17 bits per heavy atom. The van der Waals surface area contributed by atoms with E-state index >= 15 is 0 Å². The minimum absolute atomic E-state index is 0.0634. The van der Waals surface area contributed by atoms with Gasteiger partial charge in [-0.1, -0.05) is 5.16 Å². The number of aliphatic carboxylic acids is 1. The van der Waals surface area contributed by atoms with Crippen molar-refractivity contribution in [2.24, 2.45) is 5.16 Å². The molecule has 2 aliphatic heterocycles. The highest BCUT2D eigenvalue weighted by Gasteiger charge is 2.54. The molecular weight excluding hydrogens is 440 g/mol. The predicted molar refractivity (Wildman–Crippen MR) is 104 cm³/mol. The number of carboxylic acids is 1. The Morgan fingerprint density at radius 1 is 1.43 bits per heavy atom. The third kappa shape index (κ3) is 4.06. The van der Waals surface area contributed by atoms with E-state index in [0.29, 0.717) is 5.57 Å². The Labute approximate surface area is 177 Å². The van der Waals surface area contributed by atoms with E-state index in [-0.39, 0.29) is 34.7 Å². The number of carbonyl (C=O) groups is 4. The SMILES string of the molecule is CO/N=C(\C(=O)NC1C(=O)N2C(C(=O)O)=C(COC(C)=O)CS[C@@H]12)c1nsc(N)n1. The van der Waals surface area contributed by atoms with Gasteiger partial charge in [-0.3, -0.25) is 19.3 Å². The Morgan fingerprint density at radius 3 is 2.73 bits per heavy atom. The summed E-state index contributed by atoms with van der Waals surface area (Å²) < 4.78 is 8.77. The van der Waals surface area contributed by atoms with Crippen LogP contribution in [0.4, 0.5) is 5.13 Å². The molecule has 1 aromatic heterocycles. The molecule has 1 unspecified atom stereocenters. The van der Waals surface area contributed by atoms with Crippen LogP contribution in [0.25, 0.3) is 0 Å². The van der Waals surface area contributed by atoms with Crippen LogP contribution in [0.1, 0.15) is 12.7 Å². The highest BCUT2D eigenvalue weighted by atomic mass is 32.2. The summed E-state index contributed by atoms with van der Waals surface area (Å²) in [5.41, 5.74) is 5.28. The second-order valence-corrected chi connectivity index (χ2v) is 7.87. The van der Waals surface area contributed by atoms with Crippen LogP contribution < -0.4 is 11.1 Å². The molecule has 2 amide bonds. The molecule has 2 aliphatic rings. The van der Waals surface area contributed by atoms with Crippen molar-refractivity contribution in [2.45, 2.75) is 18.3 Å². The van der Waals surface area contributed by atoms with Crippen molar-refractivity contribution >= 4 is 57.9 Å². The van der Waals surface area contributed by atoms with Gasteiger partial charge in [0.15, 0.2) is 5.13 Å². The van der Waals surface area contributed by atoms with Gasteiger partial charge in [-0.15, -0.1) is 11.8 Å². The van der Waals surface area contributed by atoms with Gasteiger partial charge in [0.2, 0.25) is 11.5 Å². The molecule has 0 spiro atoms. The van der Waals surface area contributed by atoms with Crippen molar-refractivity contribution in [2.75, 3.05) is 25.2 Å². The van der Waals surface area contributed by atoms with Crippen LogP contribution in [0, 0.1) is 0 Å². The van der Waals surface area contributed by atoms with Crippen LogP contribution >= 0.6 is 23.3 Å². The fourth-order valence-corrected chi connectivity index (χ4v) is 4.56. The largest absolute Gasteiger partial charge is 0.477 e. The number of esters is 1. The molecule has 1 saturated heterocycles. The van der Waals surface area contributed by atoms with E-state index in [9.17, 15) is 24.3 Å². The zero-order valence-electron chi connectivity index (χ0n) is 15.6. The lowest BCUT2D eigenvalue weighted by atomic mass is 10.0. The summed E-state index contributed by atoms with van der Waals surface area (Å²) in [6.07, 6.45) is 0. The molecule has 4 N–H and O–H groups in total. The number of nitrogens with two attached hydrogens (primary N) is 1. The van der Waals surface area contributed by atoms with Gasteiger partial charge < -0.3 is 25.7 Å². The van der Waals surface area contributed by atoms with Crippen molar-refractivity contribution in [1.82, 2.24) is 19.6 Å². The Bertz CT molecular complexity index is 974. The summed E-state index contributed by atoms with van der Waals surface area (Å²) in [5, 5.41) is 15.1. The molecule has 1 fully saturated rings. The molecule has 3 heterocycles. The number of anilines is 1. The molecule has 0 radical (unpaired) electrons. The first-order chi connectivity index (χ1) is 14.2. The zero-order chi connectivity index (χ0) is 22.0. The van der Waals surface area contributed by atoms with Crippen LogP contribution in [0.5, 0.6) is 0 Å². The van der Waals surface area contributed by atoms with Gasteiger partial charge >= 0.3 is 11.9 Å².